The molecule has 1 rings (SSSR count). The van der Waals surface area contributed by atoms with Crippen molar-refractivity contribution in [1.82, 2.24) is 0 Å². The van der Waals surface area contributed by atoms with E-state index in [9.17, 15) is 0 Å². The summed E-state index contributed by atoms with van der Waals surface area (Å²) in [7, 11) is 0. The van der Waals surface area contributed by atoms with Gasteiger partial charge in [0.2, 0.25) is 0 Å². The smallest absolute Gasteiger partial charge is 0.143 e. The number of hydrogen-bond acceptors (Lipinski definition) is 3. The fourth-order valence-corrected chi connectivity index (χ4v) is 1.77. The molecule has 1 saturated heterocycles. The molecule has 1 heterocycles. The van der Waals surface area contributed by atoms with E-state index in [1.165, 1.54) is 0 Å². The lowest BCUT2D eigenvalue weighted by Gasteiger charge is -2.20. The average Bonchev–Trinajstić information content (AvgIpc) is 2.48. The summed E-state index contributed by atoms with van der Waals surface area (Å²) in [5, 5.41) is 8.47. The standard InChI is InChI=1S/C9H18O3/c1-7(2)8-3-4-12-9(8)5-11-6-10/h7-10H,3-6H2,1-2H3. The Morgan fingerprint density at radius 3 is 2.92 bits per heavy atom. The van der Waals surface area contributed by atoms with Crippen molar-refractivity contribution in [2.45, 2.75) is 26.4 Å². The van der Waals surface area contributed by atoms with E-state index in [2.05, 4.69) is 13.8 Å². The molecule has 3 nitrogen and oxygen atoms in total. The Hall–Kier alpha value is -0.120. The van der Waals surface area contributed by atoms with Crippen molar-refractivity contribution >= 4 is 0 Å². The molecular weight excluding hydrogens is 156 g/mol. The van der Waals surface area contributed by atoms with E-state index in [1.54, 1.807) is 0 Å². The van der Waals surface area contributed by atoms with Crippen LogP contribution in [0.15, 0.2) is 0 Å². The number of hydrogen-bond donors (Lipinski definition) is 1. The molecular formula is C9H18O3. The zero-order chi connectivity index (χ0) is 8.97. The van der Waals surface area contributed by atoms with Gasteiger partial charge in [-0.2, -0.15) is 0 Å². The molecule has 2 atom stereocenters. The quantitative estimate of drug-likeness (QED) is 0.646. The Balaban J connectivity index is 2.30. The lowest BCUT2D eigenvalue weighted by Crippen LogP contribution is -2.26. The first-order chi connectivity index (χ1) is 5.75. The summed E-state index contributed by atoms with van der Waals surface area (Å²) in [6.45, 7) is 5.56. The molecule has 0 saturated carbocycles. The van der Waals surface area contributed by atoms with Crippen molar-refractivity contribution in [2.75, 3.05) is 20.0 Å². The fraction of sp³-hybridized carbons (Fsp3) is 1.00. The minimum Gasteiger partial charge on any atom is -0.376 e. The van der Waals surface area contributed by atoms with Crippen LogP contribution in [-0.2, 0) is 9.47 Å². The fourth-order valence-electron chi connectivity index (χ4n) is 1.77. The number of aliphatic hydroxyl groups excluding tert-OH is 1. The molecule has 0 spiro atoms. The predicted octanol–water partition coefficient (Wildman–Crippen LogP) is 1.01. The highest BCUT2D eigenvalue weighted by Crippen LogP contribution is 2.27. The summed E-state index contributed by atoms with van der Waals surface area (Å²) in [6, 6.07) is 0. The second-order valence-corrected chi connectivity index (χ2v) is 3.61. The molecule has 0 amide bonds. The average molecular weight is 174 g/mol. The summed E-state index contributed by atoms with van der Waals surface area (Å²) < 4.78 is 10.4. The second-order valence-electron chi connectivity index (χ2n) is 3.61. The van der Waals surface area contributed by atoms with Crippen LogP contribution in [-0.4, -0.2) is 31.2 Å². The number of ether oxygens (including phenoxy) is 2. The SMILES string of the molecule is CC(C)C1CCOC1COCO. The van der Waals surface area contributed by atoms with Crippen LogP contribution in [0.25, 0.3) is 0 Å². The summed E-state index contributed by atoms with van der Waals surface area (Å²) in [5.74, 6) is 1.23. The molecule has 1 N–H and O–H groups in total. The molecule has 0 radical (unpaired) electrons. The Bertz CT molecular complexity index is 125. The molecule has 3 heteroatoms. The van der Waals surface area contributed by atoms with Crippen LogP contribution >= 0.6 is 0 Å². The summed E-state index contributed by atoms with van der Waals surface area (Å²) >= 11 is 0. The van der Waals surface area contributed by atoms with Gasteiger partial charge in [-0.25, -0.2) is 0 Å². The maximum Gasteiger partial charge on any atom is 0.143 e. The molecule has 2 unspecified atom stereocenters. The number of aliphatic hydroxyl groups is 1. The van der Waals surface area contributed by atoms with E-state index in [0.29, 0.717) is 18.4 Å². The molecule has 12 heavy (non-hydrogen) atoms. The van der Waals surface area contributed by atoms with Crippen molar-refractivity contribution in [3.05, 3.63) is 0 Å². The van der Waals surface area contributed by atoms with Crippen LogP contribution in [0, 0.1) is 11.8 Å². The number of rotatable bonds is 4. The summed E-state index contributed by atoms with van der Waals surface area (Å²) in [5.41, 5.74) is 0. The Morgan fingerprint density at radius 2 is 2.33 bits per heavy atom. The third-order valence-corrected chi connectivity index (χ3v) is 2.49. The van der Waals surface area contributed by atoms with Gasteiger partial charge < -0.3 is 14.6 Å². The van der Waals surface area contributed by atoms with Gasteiger partial charge in [0.15, 0.2) is 0 Å². The van der Waals surface area contributed by atoms with Crippen molar-refractivity contribution in [3.63, 3.8) is 0 Å². The van der Waals surface area contributed by atoms with Gasteiger partial charge in [-0.05, 0) is 18.3 Å². The monoisotopic (exact) mass is 174 g/mol. The highest BCUT2D eigenvalue weighted by atomic mass is 16.6. The van der Waals surface area contributed by atoms with Crippen molar-refractivity contribution < 1.29 is 14.6 Å². The molecule has 0 aromatic heterocycles. The van der Waals surface area contributed by atoms with Crippen LogP contribution in [0.2, 0.25) is 0 Å². The topological polar surface area (TPSA) is 38.7 Å². The first-order valence-electron chi connectivity index (χ1n) is 4.56. The van der Waals surface area contributed by atoms with Crippen molar-refractivity contribution in [1.29, 1.82) is 0 Å². The lowest BCUT2D eigenvalue weighted by atomic mass is 9.90. The van der Waals surface area contributed by atoms with Crippen LogP contribution < -0.4 is 0 Å². The van der Waals surface area contributed by atoms with Crippen LogP contribution in [0.4, 0.5) is 0 Å². The maximum absolute atomic E-state index is 8.47. The van der Waals surface area contributed by atoms with Crippen LogP contribution in [0.3, 0.4) is 0 Å². The molecule has 72 valence electrons. The van der Waals surface area contributed by atoms with Crippen molar-refractivity contribution in [3.8, 4) is 0 Å². The molecule has 0 aromatic carbocycles. The van der Waals surface area contributed by atoms with Gasteiger partial charge in [0, 0.05) is 6.61 Å². The maximum atomic E-state index is 8.47. The zero-order valence-corrected chi connectivity index (χ0v) is 7.82. The van der Waals surface area contributed by atoms with E-state index in [-0.39, 0.29) is 12.9 Å². The van der Waals surface area contributed by atoms with E-state index in [1.807, 2.05) is 0 Å². The molecule has 0 aromatic rings. The Morgan fingerprint density at radius 1 is 1.58 bits per heavy atom. The van der Waals surface area contributed by atoms with Gasteiger partial charge in [-0.1, -0.05) is 13.8 Å². The van der Waals surface area contributed by atoms with Gasteiger partial charge in [0.05, 0.1) is 12.7 Å². The molecule has 1 aliphatic heterocycles. The lowest BCUT2D eigenvalue weighted by molar-refractivity contribution is -0.0599. The minimum absolute atomic E-state index is 0.192. The second kappa shape index (κ2) is 4.80. The highest BCUT2D eigenvalue weighted by Gasteiger charge is 2.30. The first-order valence-corrected chi connectivity index (χ1v) is 4.56. The first kappa shape index (κ1) is 9.96. The van der Waals surface area contributed by atoms with Gasteiger partial charge >= 0.3 is 0 Å². The Kier molecular flexibility index (Phi) is 3.98. The predicted molar refractivity (Wildman–Crippen MR) is 45.7 cm³/mol. The molecule has 1 fully saturated rings. The third kappa shape index (κ3) is 2.44. The molecule has 0 bridgehead atoms. The van der Waals surface area contributed by atoms with Gasteiger partial charge in [0.25, 0.3) is 0 Å². The molecule has 1 aliphatic rings. The molecule has 0 aliphatic carbocycles. The van der Waals surface area contributed by atoms with Crippen molar-refractivity contribution in [2.24, 2.45) is 11.8 Å². The zero-order valence-electron chi connectivity index (χ0n) is 7.82. The van der Waals surface area contributed by atoms with Gasteiger partial charge in [-0.3, -0.25) is 0 Å². The van der Waals surface area contributed by atoms with E-state index in [4.69, 9.17) is 14.6 Å². The van der Waals surface area contributed by atoms with Gasteiger partial charge in [0.1, 0.15) is 6.79 Å². The van der Waals surface area contributed by atoms with E-state index < -0.39 is 0 Å². The Labute approximate surface area is 73.7 Å². The highest BCUT2D eigenvalue weighted by molar-refractivity contribution is 4.78. The van der Waals surface area contributed by atoms with Crippen LogP contribution in [0.1, 0.15) is 20.3 Å². The van der Waals surface area contributed by atoms with Crippen LogP contribution in [0.5, 0.6) is 0 Å². The van der Waals surface area contributed by atoms with Gasteiger partial charge in [-0.15, -0.1) is 0 Å². The third-order valence-electron chi connectivity index (χ3n) is 2.49. The van der Waals surface area contributed by atoms with E-state index >= 15 is 0 Å². The normalized spacial score (nSPS) is 30.0. The summed E-state index contributed by atoms with van der Waals surface area (Å²) in [4.78, 5) is 0. The summed E-state index contributed by atoms with van der Waals surface area (Å²) in [6.07, 6.45) is 1.31. The van der Waals surface area contributed by atoms with E-state index in [0.717, 1.165) is 13.0 Å². The minimum atomic E-state index is -0.204. The largest absolute Gasteiger partial charge is 0.376 e.